The van der Waals surface area contributed by atoms with Crippen molar-refractivity contribution in [3.63, 3.8) is 0 Å². The first-order valence-corrected chi connectivity index (χ1v) is 5.84. The van der Waals surface area contributed by atoms with Gasteiger partial charge in [0.05, 0.1) is 16.9 Å². The van der Waals surface area contributed by atoms with Crippen molar-refractivity contribution in [2.75, 3.05) is 7.05 Å². The molecule has 0 aliphatic carbocycles. The molecule has 2 rings (SSSR count). The molecule has 2 heterocycles. The van der Waals surface area contributed by atoms with Gasteiger partial charge in [0, 0.05) is 12.6 Å². The Morgan fingerprint density at radius 3 is 2.82 bits per heavy atom. The monoisotopic (exact) mass is 254 g/mol. The first-order chi connectivity index (χ1) is 8.15. The Bertz CT molecular complexity index is 490. The van der Waals surface area contributed by atoms with E-state index in [-0.39, 0.29) is 6.04 Å². The highest BCUT2D eigenvalue weighted by atomic mass is 35.5. The number of oxazole rings is 1. The smallest absolute Gasteiger partial charge is 0.248 e. The summed E-state index contributed by atoms with van der Waals surface area (Å²) in [4.78, 5) is 4.07. The predicted molar refractivity (Wildman–Crippen MR) is 65.9 cm³/mol. The number of nitrogens with one attached hydrogen (secondary N) is 1. The summed E-state index contributed by atoms with van der Waals surface area (Å²) in [7, 11) is 1.87. The molecule has 0 bridgehead atoms. The first kappa shape index (κ1) is 12.1. The fraction of sp³-hybridized carbons (Fsp3) is 0.455. The number of aromatic nitrogens is 3. The fourth-order valence-electron chi connectivity index (χ4n) is 1.68. The quantitative estimate of drug-likeness (QED) is 0.911. The lowest BCUT2D eigenvalue weighted by Gasteiger charge is -2.10. The van der Waals surface area contributed by atoms with Gasteiger partial charge in [-0.3, -0.25) is 4.68 Å². The molecule has 2 aromatic rings. The van der Waals surface area contributed by atoms with E-state index in [4.69, 9.17) is 16.0 Å². The van der Waals surface area contributed by atoms with Gasteiger partial charge in [0.15, 0.2) is 5.69 Å². The average Bonchev–Trinajstić information content (AvgIpc) is 2.88. The summed E-state index contributed by atoms with van der Waals surface area (Å²) < 4.78 is 7.12. The molecule has 0 atom stereocenters. The topological polar surface area (TPSA) is 55.9 Å². The molecule has 0 spiro atoms. The summed E-state index contributed by atoms with van der Waals surface area (Å²) in [5.74, 6) is 0.451. The Morgan fingerprint density at radius 1 is 1.53 bits per heavy atom. The molecule has 0 radical (unpaired) electrons. The van der Waals surface area contributed by atoms with E-state index in [0.29, 0.717) is 23.2 Å². The molecule has 2 aromatic heterocycles. The predicted octanol–water partition coefficient (Wildman–Crippen LogP) is 2.49. The van der Waals surface area contributed by atoms with Crippen LogP contribution in [0.3, 0.4) is 0 Å². The van der Waals surface area contributed by atoms with Crippen LogP contribution in [0.4, 0.5) is 0 Å². The SMILES string of the molecule is CNCc1c(Cl)c(-c2ncco2)nn1C(C)C. The molecule has 0 aliphatic heterocycles. The van der Waals surface area contributed by atoms with E-state index >= 15 is 0 Å². The summed E-state index contributed by atoms with van der Waals surface area (Å²) in [5, 5.41) is 8.13. The molecular weight excluding hydrogens is 240 g/mol. The van der Waals surface area contributed by atoms with Crippen LogP contribution in [0.15, 0.2) is 16.9 Å². The van der Waals surface area contributed by atoms with Gasteiger partial charge in [-0.2, -0.15) is 5.10 Å². The molecule has 0 saturated heterocycles. The van der Waals surface area contributed by atoms with Gasteiger partial charge < -0.3 is 9.73 Å². The Labute approximate surface area is 105 Å². The second-order valence-corrected chi connectivity index (χ2v) is 4.39. The molecule has 0 fully saturated rings. The highest BCUT2D eigenvalue weighted by Gasteiger charge is 2.20. The Balaban J connectivity index is 2.52. The van der Waals surface area contributed by atoms with Crippen LogP contribution < -0.4 is 5.32 Å². The molecule has 0 aromatic carbocycles. The summed E-state index contributed by atoms with van der Waals surface area (Å²) >= 11 is 6.32. The minimum absolute atomic E-state index is 0.236. The Hall–Kier alpha value is -1.33. The second kappa shape index (κ2) is 4.89. The van der Waals surface area contributed by atoms with Gasteiger partial charge in [-0.25, -0.2) is 4.98 Å². The number of halogens is 1. The summed E-state index contributed by atoms with van der Waals surface area (Å²) in [6.45, 7) is 4.77. The van der Waals surface area contributed by atoms with Crippen molar-refractivity contribution in [1.29, 1.82) is 0 Å². The Morgan fingerprint density at radius 2 is 2.29 bits per heavy atom. The third-order valence-electron chi connectivity index (χ3n) is 2.41. The maximum atomic E-state index is 6.32. The van der Waals surface area contributed by atoms with E-state index in [9.17, 15) is 0 Å². The van der Waals surface area contributed by atoms with Crippen LogP contribution in [0.1, 0.15) is 25.6 Å². The van der Waals surface area contributed by atoms with Crippen molar-refractivity contribution in [3.05, 3.63) is 23.2 Å². The summed E-state index contributed by atoms with van der Waals surface area (Å²) in [6, 6.07) is 0.236. The average molecular weight is 255 g/mol. The van der Waals surface area contributed by atoms with Gasteiger partial charge in [-0.15, -0.1) is 0 Å². The van der Waals surface area contributed by atoms with Crippen LogP contribution in [0.25, 0.3) is 11.6 Å². The lowest BCUT2D eigenvalue weighted by atomic mass is 10.3. The third-order valence-corrected chi connectivity index (χ3v) is 2.81. The number of rotatable bonds is 4. The largest absolute Gasteiger partial charge is 0.443 e. The molecule has 0 saturated carbocycles. The van der Waals surface area contributed by atoms with Crippen molar-refractivity contribution >= 4 is 11.6 Å². The highest BCUT2D eigenvalue weighted by molar-refractivity contribution is 6.33. The Kier molecular flexibility index (Phi) is 3.49. The van der Waals surface area contributed by atoms with Crippen LogP contribution >= 0.6 is 11.6 Å². The third kappa shape index (κ3) is 2.21. The maximum Gasteiger partial charge on any atom is 0.248 e. The molecule has 0 amide bonds. The molecule has 92 valence electrons. The van der Waals surface area contributed by atoms with Gasteiger partial charge in [0.2, 0.25) is 5.89 Å². The van der Waals surface area contributed by atoms with E-state index in [1.54, 1.807) is 6.20 Å². The van der Waals surface area contributed by atoms with Gasteiger partial charge >= 0.3 is 0 Å². The molecule has 5 nitrogen and oxygen atoms in total. The normalized spacial score (nSPS) is 11.4. The van der Waals surface area contributed by atoms with Crippen LogP contribution in [0, 0.1) is 0 Å². The van der Waals surface area contributed by atoms with Crippen LogP contribution in [0.2, 0.25) is 5.02 Å². The molecule has 6 heteroatoms. The molecule has 0 unspecified atom stereocenters. The van der Waals surface area contributed by atoms with Crippen molar-refractivity contribution in [1.82, 2.24) is 20.1 Å². The molecular formula is C11H15ClN4O. The highest BCUT2D eigenvalue weighted by Crippen LogP contribution is 2.30. The van der Waals surface area contributed by atoms with Gasteiger partial charge in [0.25, 0.3) is 0 Å². The zero-order valence-electron chi connectivity index (χ0n) is 10.1. The molecule has 17 heavy (non-hydrogen) atoms. The molecule has 0 aliphatic rings. The van der Waals surface area contributed by atoms with E-state index in [2.05, 4.69) is 29.2 Å². The lowest BCUT2D eigenvalue weighted by molar-refractivity contribution is 0.499. The van der Waals surface area contributed by atoms with Gasteiger partial charge in [-0.1, -0.05) is 11.6 Å². The van der Waals surface area contributed by atoms with E-state index < -0.39 is 0 Å². The van der Waals surface area contributed by atoms with Crippen molar-refractivity contribution in [2.24, 2.45) is 0 Å². The van der Waals surface area contributed by atoms with Crippen molar-refractivity contribution in [3.8, 4) is 11.6 Å². The van der Waals surface area contributed by atoms with Crippen LogP contribution in [-0.2, 0) is 6.54 Å². The fourth-order valence-corrected chi connectivity index (χ4v) is 1.95. The minimum Gasteiger partial charge on any atom is -0.443 e. The van der Waals surface area contributed by atoms with Crippen molar-refractivity contribution in [2.45, 2.75) is 26.4 Å². The van der Waals surface area contributed by atoms with E-state index in [0.717, 1.165) is 5.69 Å². The summed E-state index contributed by atoms with van der Waals surface area (Å²) in [6.07, 6.45) is 3.09. The zero-order chi connectivity index (χ0) is 12.4. The number of hydrogen-bond donors (Lipinski definition) is 1. The van der Waals surface area contributed by atoms with Crippen molar-refractivity contribution < 1.29 is 4.42 Å². The minimum atomic E-state index is 0.236. The van der Waals surface area contributed by atoms with Gasteiger partial charge in [0.1, 0.15) is 6.26 Å². The summed E-state index contributed by atoms with van der Waals surface area (Å²) in [5.41, 5.74) is 1.54. The number of nitrogens with zero attached hydrogens (tertiary/aromatic N) is 3. The lowest BCUT2D eigenvalue weighted by Crippen LogP contribution is -2.14. The van der Waals surface area contributed by atoms with Crippen LogP contribution in [0.5, 0.6) is 0 Å². The number of hydrogen-bond acceptors (Lipinski definition) is 4. The van der Waals surface area contributed by atoms with Gasteiger partial charge in [-0.05, 0) is 20.9 Å². The standard InChI is InChI=1S/C11H15ClN4O/c1-7(2)16-8(6-13-3)9(12)10(15-16)11-14-4-5-17-11/h4-5,7,13H,6H2,1-3H3. The van der Waals surface area contributed by atoms with E-state index in [1.165, 1.54) is 6.26 Å². The van der Waals surface area contributed by atoms with Crippen LogP contribution in [-0.4, -0.2) is 21.8 Å². The zero-order valence-corrected chi connectivity index (χ0v) is 10.8. The maximum absolute atomic E-state index is 6.32. The molecule has 1 N–H and O–H groups in total. The second-order valence-electron chi connectivity index (χ2n) is 4.02. The van der Waals surface area contributed by atoms with E-state index in [1.807, 2.05) is 11.7 Å². The first-order valence-electron chi connectivity index (χ1n) is 5.46.